The third-order valence-electron chi connectivity index (χ3n) is 4.11. The molecule has 136 valence electrons. The van der Waals surface area contributed by atoms with Gasteiger partial charge in [-0.15, -0.1) is 0 Å². The normalized spacial score (nSPS) is 10.8. The standard InChI is InChI=1S/C19H23N5O2/c1-2-26-19(25)22-15-9-10-17(23-18(15)21)24-12-13(6-5-11-20)14-7-3-4-8-16(14)24/h3-4,7-10,12H,2,5-6,11,20H2,1H3,(H2,21,23)(H,22,25). The highest BCUT2D eigenvalue weighted by molar-refractivity contribution is 5.89. The lowest BCUT2D eigenvalue weighted by atomic mass is 10.1. The number of nitrogens with two attached hydrogens (primary N) is 2. The zero-order valence-corrected chi connectivity index (χ0v) is 14.7. The molecule has 0 fully saturated rings. The van der Waals surface area contributed by atoms with Crippen LogP contribution in [0.25, 0.3) is 16.7 Å². The number of hydrogen-bond donors (Lipinski definition) is 3. The number of hydrogen-bond acceptors (Lipinski definition) is 5. The van der Waals surface area contributed by atoms with Crippen molar-refractivity contribution in [3.63, 3.8) is 0 Å². The number of aromatic nitrogens is 2. The van der Waals surface area contributed by atoms with Crippen molar-refractivity contribution >= 4 is 28.5 Å². The van der Waals surface area contributed by atoms with Crippen molar-refractivity contribution in [3.05, 3.63) is 48.2 Å². The van der Waals surface area contributed by atoms with Crippen LogP contribution < -0.4 is 16.8 Å². The Kier molecular flexibility index (Phi) is 5.38. The molecule has 0 radical (unpaired) electrons. The van der Waals surface area contributed by atoms with Gasteiger partial charge in [-0.1, -0.05) is 18.2 Å². The molecule has 0 aliphatic rings. The van der Waals surface area contributed by atoms with Crippen LogP contribution in [0.5, 0.6) is 0 Å². The zero-order valence-electron chi connectivity index (χ0n) is 14.7. The molecule has 0 aliphatic heterocycles. The number of aryl methyl sites for hydroxylation is 1. The number of carbonyl (C=O) groups is 1. The monoisotopic (exact) mass is 353 g/mol. The predicted octanol–water partition coefficient (Wildman–Crippen LogP) is 3.07. The Balaban J connectivity index is 1.96. The summed E-state index contributed by atoms with van der Waals surface area (Å²) >= 11 is 0. The molecule has 7 nitrogen and oxygen atoms in total. The quantitative estimate of drug-likeness (QED) is 0.631. The van der Waals surface area contributed by atoms with Gasteiger partial charge in [-0.05, 0) is 50.1 Å². The summed E-state index contributed by atoms with van der Waals surface area (Å²) in [5.74, 6) is 0.920. The number of fused-ring (bicyclic) bond motifs is 1. The minimum absolute atomic E-state index is 0.233. The molecule has 7 heteroatoms. The third-order valence-corrected chi connectivity index (χ3v) is 4.11. The number of para-hydroxylation sites is 1. The molecule has 2 aromatic heterocycles. The van der Waals surface area contributed by atoms with E-state index < -0.39 is 6.09 Å². The van der Waals surface area contributed by atoms with Gasteiger partial charge in [0.15, 0.2) is 0 Å². The summed E-state index contributed by atoms with van der Waals surface area (Å²) in [5, 5.41) is 3.76. The fraction of sp³-hybridized carbons (Fsp3) is 0.263. The molecular formula is C19H23N5O2. The first-order valence-electron chi connectivity index (χ1n) is 8.63. The highest BCUT2D eigenvalue weighted by Gasteiger charge is 2.12. The number of pyridine rings is 1. The van der Waals surface area contributed by atoms with Crippen LogP contribution in [0.2, 0.25) is 0 Å². The first-order chi connectivity index (χ1) is 12.6. The number of ether oxygens (including phenoxy) is 1. The fourth-order valence-electron chi connectivity index (χ4n) is 2.91. The minimum atomic E-state index is -0.552. The van der Waals surface area contributed by atoms with Crippen LogP contribution in [0.15, 0.2) is 42.6 Å². The van der Waals surface area contributed by atoms with Crippen LogP contribution in [-0.2, 0) is 11.2 Å². The maximum absolute atomic E-state index is 11.6. The molecule has 0 unspecified atom stereocenters. The van der Waals surface area contributed by atoms with E-state index >= 15 is 0 Å². The predicted molar refractivity (Wildman–Crippen MR) is 104 cm³/mol. The van der Waals surface area contributed by atoms with Crippen LogP contribution in [0, 0.1) is 0 Å². The van der Waals surface area contributed by atoms with Crippen molar-refractivity contribution in [1.82, 2.24) is 9.55 Å². The second kappa shape index (κ2) is 7.88. The molecular weight excluding hydrogens is 330 g/mol. The Morgan fingerprint density at radius 2 is 2.08 bits per heavy atom. The second-order valence-electron chi connectivity index (χ2n) is 5.88. The van der Waals surface area contributed by atoms with Crippen molar-refractivity contribution in [2.24, 2.45) is 5.73 Å². The molecule has 1 amide bonds. The summed E-state index contributed by atoms with van der Waals surface area (Å²) < 4.78 is 6.87. The molecule has 0 bridgehead atoms. The molecule has 0 atom stereocenters. The number of nitrogens with one attached hydrogen (secondary N) is 1. The van der Waals surface area contributed by atoms with Gasteiger partial charge in [0.05, 0.1) is 17.8 Å². The number of nitrogens with zero attached hydrogens (tertiary/aromatic N) is 2. The summed E-state index contributed by atoms with van der Waals surface area (Å²) in [4.78, 5) is 16.0. The van der Waals surface area contributed by atoms with E-state index in [2.05, 4.69) is 22.6 Å². The van der Waals surface area contributed by atoms with E-state index in [1.54, 1.807) is 13.0 Å². The van der Waals surface area contributed by atoms with Crippen LogP contribution in [0.3, 0.4) is 0 Å². The van der Waals surface area contributed by atoms with Gasteiger partial charge < -0.3 is 20.8 Å². The second-order valence-corrected chi connectivity index (χ2v) is 5.88. The van der Waals surface area contributed by atoms with E-state index in [-0.39, 0.29) is 12.4 Å². The summed E-state index contributed by atoms with van der Waals surface area (Å²) in [7, 11) is 0. The van der Waals surface area contributed by atoms with E-state index in [0.717, 1.165) is 18.4 Å². The summed E-state index contributed by atoms with van der Waals surface area (Å²) in [6.07, 6.45) is 3.35. The third kappa shape index (κ3) is 3.62. The number of carbonyl (C=O) groups excluding carboxylic acids is 1. The largest absolute Gasteiger partial charge is 0.450 e. The number of nitrogen functional groups attached to an aromatic ring is 1. The Labute approximate surface area is 152 Å². The van der Waals surface area contributed by atoms with Gasteiger partial charge in [0.25, 0.3) is 0 Å². The Hall–Kier alpha value is -3.06. The fourth-order valence-corrected chi connectivity index (χ4v) is 2.91. The lowest BCUT2D eigenvalue weighted by Gasteiger charge is -2.10. The van der Waals surface area contributed by atoms with E-state index in [1.807, 2.05) is 28.8 Å². The van der Waals surface area contributed by atoms with E-state index in [9.17, 15) is 4.79 Å². The highest BCUT2D eigenvalue weighted by Crippen LogP contribution is 2.27. The first kappa shape index (κ1) is 17.8. The molecule has 26 heavy (non-hydrogen) atoms. The van der Waals surface area contributed by atoms with Crippen molar-refractivity contribution in [3.8, 4) is 5.82 Å². The van der Waals surface area contributed by atoms with Crippen molar-refractivity contribution in [2.45, 2.75) is 19.8 Å². The van der Waals surface area contributed by atoms with E-state index in [0.29, 0.717) is 18.1 Å². The lowest BCUT2D eigenvalue weighted by molar-refractivity contribution is 0.168. The highest BCUT2D eigenvalue weighted by atomic mass is 16.5. The van der Waals surface area contributed by atoms with Crippen molar-refractivity contribution in [2.75, 3.05) is 24.2 Å². The first-order valence-corrected chi connectivity index (χ1v) is 8.63. The number of benzene rings is 1. The maximum Gasteiger partial charge on any atom is 0.411 e. The molecule has 0 spiro atoms. The lowest BCUT2D eigenvalue weighted by Crippen LogP contribution is -2.15. The van der Waals surface area contributed by atoms with Gasteiger partial charge >= 0.3 is 6.09 Å². The molecule has 0 saturated heterocycles. The SMILES string of the molecule is CCOC(=O)Nc1ccc(-n2cc(CCCN)c3ccccc32)nc1N. The van der Waals surface area contributed by atoms with Crippen molar-refractivity contribution < 1.29 is 9.53 Å². The van der Waals surface area contributed by atoms with Crippen LogP contribution in [0.4, 0.5) is 16.3 Å². The van der Waals surface area contributed by atoms with Gasteiger partial charge in [-0.2, -0.15) is 0 Å². The van der Waals surface area contributed by atoms with Crippen LogP contribution in [-0.4, -0.2) is 28.8 Å². The van der Waals surface area contributed by atoms with E-state index in [4.69, 9.17) is 16.2 Å². The summed E-state index contributed by atoms with van der Waals surface area (Å²) in [6.45, 7) is 2.68. The average Bonchev–Trinajstić information content (AvgIpc) is 3.01. The average molecular weight is 353 g/mol. The van der Waals surface area contributed by atoms with Crippen LogP contribution >= 0.6 is 0 Å². The molecule has 0 saturated carbocycles. The summed E-state index contributed by atoms with van der Waals surface area (Å²) in [6, 6.07) is 11.7. The number of amides is 1. The van der Waals surface area contributed by atoms with Gasteiger partial charge in [0, 0.05) is 11.6 Å². The van der Waals surface area contributed by atoms with Gasteiger partial charge in [-0.3, -0.25) is 5.32 Å². The summed E-state index contributed by atoms with van der Waals surface area (Å²) in [5.41, 5.74) is 14.4. The molecule has 3 rings (SSSR count). The molecule has 2 heterocycles. The molecule has 5 N–H and O–H groups in total. The Morgan fingerprint density at radius 3 is 2.81 bits per heavy atom. The smallest absolute Gasteiger partial charge is 0.411 e. The topological polar surface area (TPSA) is 108 Å². The Bertz CT molecular complexity index is 919. The minimum Gasteiger partial charge on any atom is -0.450 e. The maximum atomic E-state index is 11.6. The number of anilines is 2. The van der Waals surface area contributed by atoms with Crippen molar-refractivity contribution in [1.29, 1.82) is 0 Å². The van der Waals surface area contributed by atoms with Gasteiger partial charge in [0.1, 0.15) is 11.6 Å². The molecule has 0 aliphatic carbocycles. The number of rotatable bonds is 6. The van der Waals surface area contributed by atoms with Gasteiger partial charge in [0.2, 0.25) is 0 Å². The van der Waals surface area contributed by atoms with E-state index in [1.165, 1.54) is 10.9 Å². The molecule has 3 aromatic rings. The zero-order chi connectivity index (χ0) is 18.5. The van der Waals surface area contributed by atoms with Crippen LogP contribution in [0.1, 0.15) is 18.9 Å². The molecule has 1 aromatic carbocycles. The Morgan fingerprint density at radius 1 is 1.27 bits per heavy atom. The van der Waals surface area contributed by atoms with Gasteiger partial charge in [-0.25, -0.2) is 9.78 Å².